The van der Waals surface area contributed by atoms with Gasteiger partial charge in [0.1, 0.15) is 17.9 Å². The third kappa shape index (κ3) is 11.3. The minimum absolute atomic E-state index is 0. The molecule has 0 aliphatic rings. The van der Waals surface area contributed by atoms with Gasteiger partial charge in [-0.15, -0.1) is 24.8 Å². The van der Waals surface area contributed by atoms with Crippen LogP contribution in [0.15, 0.2) is 97.5 Å². The number of anilines is 1. The van der Waals surface area contributed by atoms with Crippen molar-refractivity contribution < 1.29 is 23.5 Å². The van der Waals surface area contributed by atoms with Crippen LogP contribution in [0.1, 0.15) is 36.6 Å². The molecule has 0 fully saturated rings. The Morgan fingerprint density at radius 1 is 0.913 bits per heavy atom. The molecule has 3 aromatic carbocycles. The van der Waals surface area contributed by atoms with E-state index in [-0.39, 0.29) is 55.6 Å². The zero-order chi connectivity index (χ0) is 31.5. The van der Waals surface area contributed by atoms with Crippen molar-refractivity contribution in [3.05, 3.63) is 120 Å². The molecule has 10 nitrogen and oxygen atoms in total. The van der Waals surface area contributed by atoms with Crippen LogP contribution < -0.4 is 21.7 Å². The summed E-state index contributed by atoms with van der Waals surface area (Å²) in [6.07, 6.45) is 3.53. The number of nitrogens with zero attached hydrogens (tertiary/aromatic N) is 2. The molecule has 0 saturated heterocycles. The van der Waals surface area contributed by atoms with Crippen LogP contribution >= 0.6 is 24.8 Å². The second-order valence-electron chi connectivity index (χ2n) is 10.9. The molecule has 1 aromatic heterocycles. The lowest BCUT2D eigenvalue weighted by atomic mass is 10.1. The number of amides is 3. The first-order valence-electron chi connectivity index (χ1n) is 14.2. The maximum atomic E-state index is 13.4. The molecule has 4 rings (SSSR count). The summed E-state index contributed by atoms with van der Waals surface area (Å²) < 4.78 is 20.6. The maximum Gasteiger partial charge on any atom is 0.250 e. The summed E-state index contributed by atoms with van der Waals surface area (Å²) in [7, 11) is 0. The van der Waals surface area contributed by atoms with Crippen molar-refractivity contribution in [1.29, 1.82) is 0 Å². The van der Waals surface area contributed by atoms with Crippen LogP contribution in [-0.2, 0) is 32.1 Å². The average Bonchev–Trinajstić information content (AvgIpc) is 3.45. The number of halogens is 3. The van der Waals surface area contributed by atoms with Gasteiger partial charge < -0.3 is 31.0 Å². The Balaban J connectivity index is 0.00000368. The molecular formula is C33H39Cl2FN6O4. The Bertz CT molecular complexity index is 1530. The maximum absolute atomic E-state index is 13.4. The van der Waals surface area contributed by atoms with E-state index in [4.69, 9.17) is 10.5 Å². The number of aromatic nitrogens is 2. The van der Waals surface area contributed by atoms with Crippen LogP contribution in [0.4, 0.5) is 10.2 Å². The van der Waals surface area contributed by atoms with Gasteiger partial charge in [-0.2, -0.15) is 0 Å². The zero-order valence-corrected chi connectivity index (χ0v) is 27.2. The summed E-state index contributed by atoms with van der Waals surface area (Å²) in [4.78, 5) is 43.6. The minimum Gasteiger partial charge on any atom is -0.374 e. The Hall–Kier alpha value is -4.29. The van der Waals surface area contributed by atoms with Gasteiger partial charge in [0.15, 0.2) is 5.82 Å². The molecule has 246 valence electrons. The molecule has 1 heterocycles. The second kappa shape index (κ2) is 18.0. The predicted octanol–water partition coefficient (Wildman–Crippen LogP) is 4.19. The average molecular weight is 674 g/mol. The molecule has 0 radical (unpaired) electrons. The van der Waals surface area contributed by atoms with Crippen LogP contribution in [0.5, 0.6) is 0 Å². The molecule has 46 heavy (non-hydrogen) atoms. The molecule has 0 bridgehead atoms. The first-order chi connectivity index (χ1) is 21.1. The summed E-state index contributed by atoms with van der Waals surface area (Å²) in [6, 6.07) is 22.9. The highest BCUT2D eigenvalue weighted by molar-refractivity contribution is 5.98. The SMILES string of the molecule is CC(C)(N)C(=O)N[C@H](COCc1ccccc1)C(=O)Nc1cn(C(C(=O)NCCc2ccc(F)cc2)c2ccccc2)cn1.Cl.Cl. The fourth-order valence-corrected chi connectivity index (χ4v) is 4.32. The summed E-state index contributed by atoms with van der Waals surface area (Å²) in [5.74, 6) is -1.49. The molecule has 3 amide bonds. The standard InChI is InChI=1S/C33H37FN6O4.2ClH/c1-33(2,35)32(43)38-27(21-44-20-24-9-5-3-6-10-24)30(41)39-28-19-40(22-37-28)29(25-11-7-4-8-12-25)31(42)36-18-17-23-13-15-26(34)16-14-23;;/h3-16,19,22,27,29H,17-18,20-21,35H2,1-2H3,(H,36,42)(H,38,43)(H,39,41);2*1H/t27-,29?;;/m1../s1. The van der Waals surface area contributed by atoms with E-state index in [0.717, 1.165) is 11.1 Å². The monoisotopic (exact) mass is 672 g/mol. The highest BCUT2D eigenvalue weighted by atomic mass is 35.5. The third-order valence-electron chi connectivity index (χ3n) is 6.74. The smallest absolute Gasteiger partial charge is 0.250 e. The number of carbonyl (C=O) groups excluding carboxylic acids is 3. The van der Waals surface area contributed by atoms with Gasteiger partial charge in [-0.25, -0.2) is 9.37 Å². The van der Waals surface area contributed by atoms with Crippen molar-refractivity contribution in [2.24, 2.45) is 5.73 Å². The minimum atomic E-state index is -1.22. The number of ether oxygens (including phenoxy) is 1. The molecule has 1 unspecified atom stereocenters. The molecule has 0 aliphatic carbocycles. The van der Waals surface area contributed by atoms with E-state index in [9.17, 15) is 18.8 Å². The normalized spacial score (nSPS) is 12.1. The van der Waals surface area contributed by atoms with E-state index in [1.807, 2.05) is 60.7 Å². The summed E-state index contributed by atoms with van der Waals surface area (Å²) in [5, 5.41) is 8.31. The van der Waals surface area contributed by atoms with Gasteiger partial charge in [0.25, 0.3) is 5.91 Å². The van der Waals surface area contributed by atoms with Crippen LogP contribution in [0.2, 0.25) is 0 Å². The van der Waals surface area contributed by atoms with Crippen molar-refractivity contribution >= 4 is 48.4 Å². The summed E-state index contributed by atoms with van der Waals surface area (Å²) >= 11 is 0. The van der Waals surface area contributed by atoms with Gasteiger partial charge in [-0.1, -0.05) is 72.8 Å². The van der Waals surface area contributed by atoms with Gasteiger partial charge in [0.05, 0.1) is 25.1 Å². The van der Waals surface area contributed by atoms with Crippen molar-refractivity contribution in [3.63, 3.8) is 0 Å². The number of benzene rings is 3. The molecule has 0 spiro atoms. The van der Waals surface area contributed by atoms with Crippen LogP contribution in [0.25, 0.3) is 0 Å². The number of nitrogens with two attached hydrogens (primary N) is 1. The molecule has 5 N–H and O–H groups in total. The Morgan fingerprint density at radius 2 is 1.54 bits per heavy atom. The Kier molecular flexibility index (Phi) is 14.8. The third-order valence-corrected chi connectivity index (χ3v) is 6.74. The highest BCUT2D eigenvalue weighted by Gasteiger charge is 2.29. The Morgan fingerprint density at radius 3 is 2.17 bits per heavy atom. The van der Waals surface area contributed by atoms with Crippen LogP contribution in [0.3, 0.4) is 0 Å². The number of imidazole rings is 1. The number of rotatable bonds is 14. The lowest BCUT2D eigenvalue weighted by Gasteiger charge is -2.23. The zero-order valence-electron chi connectivity index (χ0n) is 25.5. The summed E-state index contributed by atoms with van der Waals surface area (Å²) in [6.45, 7) is 3.56. The van der Waals surface area contributed by atoms with Crippen LogP contribution in [-0.4, -0.2) is 52.0 Å². The first kappa shape index (κ1) is 37.9. The fourth-order valence-electron chi connectivity index (χ4n) is 4.32. The molecular weight excluding hydrogens is 634 g/mol. The predicted molar refractivity (Wildman–Crippen MR) is 179 cm³/mol. The van der Waals surface area contributed by atoms with Crippen LogP contribution in [0, 0.1) is 5.82 Å². The van der Waals surface area contributed by atoms with E-state index in [0.29, 0.717) is 18.5 Å². The molecule has 2 atom stereocenters. The molecule has 0 saturated carbocycles. The van der Waals surface area contributed by atoms with Crippen molar-refractivity contribution in [2.75, 3.05) is 18.5 Å². The highest BCUT2D eigenvalue weighted by Crippen LogP contribution is 2.21. The van der Waals surface area contributed by atoms with Gasteiger partial charge in [0, 0.05) is 12.7 Å². The number of hydrogen-bond acceptors (Lipinski definition) is 6. The number of hydrogen-bond donors (Lipinski definition) is 4. The number of carbonyl (C=O) groups is 3. The van der Waals surface area contributed by atoms with E-state index >= 15 is 0 Å². The van der Waals surface area contributed by atoms with E-state index in [2.05, 4.69) is 20.9 Å². The van der Waals surface area contributed by atoms with E-state index in [1.165, 1.54) is 32.3 Å². The van der Waals surface area contributed by atoms with Crippen molar-refractivity contribution in [1.82, 2.24) is 20.2 Å². The van der Waals surface area contributed by atoms with Gasteiger partial charge in [0.2, 0.25) is 11.8 Å². The lowest BCUT2D eigenvalue weighted by Crippen LogP contribution is -2.56. The quantitative estimate of drug-likeness (QED) is 0.158. The number of nitrogens with one attached hydrogen (secondary N) is 3. The summed E-state index contributed by atoms with van der Waals surface area (Å²) in [5.41, 5.74) is 7.25. The van der Waals surface area contributed by atoms with Crippen molar-refractivity contribution in [3.8, 4) is 0 Å². The largest absolute Gasteiger partial charge is 0.374 e. The van der Waals surface area contributed by atoms with Gasteiger partial charge >= 0.3 is 0 Å². The second-order valence-corrected chi connectivity index (χ2v) is 10.9. The lowest BCUT2D eigenvalue weighted by molar-refractivity contribution is -0.130. The van der Waals surface area contributed by atoms with Crippen molar-refractivity contribution in [2.45, 2.75) is 44.5 Å². The Labute approximate surface area is 280 Å². The topological polar surface area (TPSA) is 140 Å². The first-order valence-corrected chi connectivity index (χ1v) is 14.2. The molecule has 0 aliphatic heterocycles. The van der Waals surface area contributed by atoms with E-state index < -0.39 is 29.4 Å². The molecule has 4 aromatic rings. The van der Waals surface area contributed by atoms with Gasteiger partial charge in [-0.3, -0.25) is 14.4 Å². The van der Waals surface area contributed by atoms with Gasteiger partial charge in [-0.05, 0) is 49.1 Å². The fraction of sp³-hybridized carbons (Fsp3) is 0.273. The van der Waals surface area contributed by atoms with E-state index in [1.54, 1.807) is 22.9 Å². The molecule has 13 heteroatoms.